The summed E-state index contributed by atoms with van der Waals surface area (Å²) in [6, 6.07) is 13.4. The Balaban J connectivity index is 1.30. The van der Waals surface area contributed by atoms with Crippen LogP contribution in [0, 0.1) is 17.8 Å². The second-order valence-electron chi connectivity index (χ2n) is 12.9. The molecule has 1 spiro atoms. The molecule has 2 saturated carbocycles. The van der Waals surface area contributed by atoms with Gasteiger partial charge in [0.15, 0.2) is 0 Å². The number of sulfonamides is 1. The van der Waals surface area contributed by atoms with Crippen LogP contribution in [0.4, 0.5) is 0 Å². The molecule has 38 heavy (non-hydrogen) atoms. The number of phenols is 1. The van der Waals surface area contributed by atoms with Crippen molar-refractivity contribution >= 4 is 10.0 Å². The SMILES string of the molecule is CC(C)CN([C@H]1CC[C@H]2[C@H]3Cc4c(O)ccc5c4[C@@]2(CCN3CC2CC2)[C@H]1O5)S(=O)(=O)Cc1ccccc1. The number of ether oxygens (including phenoxy) is 1. The minimum absolute atomic E-state index is 0.0109. The first-order chi connectivity index (χ1) is 18.3. The zero-order chi connectivity index (χ0) is 26.2. The van der Waals surface area contributed by atoms with Crippen LogP contribution in [0.25, 0.3) is 0 Å². The summed E-state index contributed by atoms with van der Waals surface area (Å²) in [6.07, 6.45) is 6.12. The van der Waals surface area contributed by atoms with Crippen LogP contribution >= 0.6 is 0 Å². The van der Waals surface area contributed by atoms with Gasteiger partial charge in [0.2, 0.25) is 10.0 Å². The van der Waals surface area contributed by atoms with E-state index in [1.54, 1.807) is 6.07 Å². The molecule has 0 aromatic heterocycles. The van der Waals surface area contributed by atoms with Crippen molar-refractivity contribution < 1.29 is 18.3 Å². The third-order valence-electron chi connectivity index (χ3n) is 10.1. The Morgan fingerprint density at radius 2 is 1.89 bits per heavy atom. The minimum Gasteiger partial charge on any atom is -0.508 e. The molecule has 0 radical (unpaired) electrons. The average Bonchev–Trinajstić information content (AvgIpc) is 3.64. The molecule has 204 valence electrons. The zero-order valence-corrected chi connectivity index (χ0v) is 23.4. The second kappa shape index (κ2) is 8.97. The maximum Gasteiger partial charge on any atom is 0.218 e. The Hall–Kier alpha value is -2.09. The summed E-state index contributed by atoms with van der Waals surface area (Å²) in [7, 11) is -3.57. The normalized spacial score (nSPS) is 31.9. The minimum atomic E-state index is -3.57. The standard InChI is InChI=1S/C31H40N2O4S/c1-20(2)17-33(38(35,36)19-22-6-4-3-5-7-22)25-11-10-24-26-16-23-27(34)12-13-28-29(23)31(24,30(25)37-28)14-15-32(26)18-21-8-9-21/h3-7,12-13,20-21,24-26,30,34H,8-11,14-19H2,1-2H3/t24-,25-,26+,30-,31-/m0/s1. The van der Waals surface area contributed by atoms with E-state index in [-0.39, 0.29) is 29.2 Å². The molecule has 3 aliphatic carbocycles. The number of aromatic hydroxyl groups is 1. The van der Waals surface area contributed by atoms with Crippen molar-refractivity contribution in [3.63, 3.8) is 0 Å². The average molecular weight is 537 g/mol. The van der Waals surface area contributed by atoms with Gasteiger partial charge in [-0.25, -0.2) is 8.42 Å². The van der Waals surface area contributed by atoms with Gasteiger partial charge in [0.05, 0.1) is 11.8 Å². The first-order valence-corrected chi connectivity index (χ1v) is 16.2. The quantitative estimate of drug-likeness (QED) is 0.530. The first kappa shape index (κ1) is 24.9. The largest absolute Gasteiger partial charge is 0.508 e. The number of benzene rings is 2. The van der Waals surface area contributed by atoms with Crippen molar-refractivity contribution in [2.24, 2.45) is 17.8 Å². The molecular weight excluding hydrogens is 496 g/mol. The number of hydrogen-bond donors (Lipinski definition) is 1. The molecule has 6 nitrogen and oxygen atoms in total. The third kappa shape index (κ3) is 3.83. The fraction of sp³-hybridized carbons (Fsp3) is 0.613. The molecule has 1 N–H and O–H groups in total. The highest BCUT2D eigenvalue weighted by atomic mass is 32.2. The molecule has 3 fully saturated rings. The Kier molecular flexibility index (Phi) is 5.88. The number of phenolic OH excluding ortho intramolecular Hbond substituents is 1. The molecule has 5 aliphatic rings. The van der Waals surface area contributed by atoms with E-state index in [9.17, 15) is 13.5 Å². The van der Waals surface area contributed by atoms with E-state index >= 15 is 0 Å². The van der Waals surface area contributed by atoms with Crippen molar-refractivity contribution in [1.29, 1.82) is 0 Å². The molecule has 2 aliphatic heterocycles. The van der Waals surface area contributed by atoms with Gasteiger partial charge in [0, 0.05) is 35.7 Å². The van der Waals surface area contributed by atoms with Crippen LogP contribution in [0.5, 0.6) is 11.5 Å². The lowest BCUT2D eigenvalue weighted by molar-refractivity contribution is -0.0783. The molecule has 2 heterocycles. The van der Waals surface area contributed by atoms with Crippen LogP contribution in [0.1, 0.15) is 62.6 Å². The number of hydrogen-bond acceptors (Lipinski definition) is 5. The first-order valence-electron chi connectivity index (χ1n) is 14.6. The van der Waals surface area contributed by atoms with E-state index < -0.39 is 10.0 Å². The van der Waals surface area contributed by atoms with Gasteiger partial charge in [0.25, 0.3) is 0 Å². The predicted molar refractivity (Wildman–Crippen MR) is 148 cm³/mol. The maximum atomic E-state index is 14.1. The summed E-state index contributed by atoms with van der Waals surface area (Å²) in [5, 5.41) is 11.0. The summed E-state index contributed by atoms with van der Waals surface area (Å²) in [5.41, 5.74) is 2.84. The van der Waals surface area contributed by atoms with Gasteiger partial charge in [-0.1, -0.05) is 44.2 Å². The highest BCUT2D eigenvalue weighted by Crippen LogP contribution is 2.64. The summed E-state index contributed by atoms with van der Waals surface area (Å²) < 4.78 is 36.8. The molecule has 0 unspecified atom stereocenters. The van der Waals surface area contributed by atoms with Crippen molar-refractivity contribution in [3.05, 3.63) is 59.2 Å². The van der Waals surface area contributed by atoms with Gasteiger partial charge < -0.3 is 9.84 Å². The smallest absolute Gasteiger partial charge is 0.218 e. The van der Waals surface area contributed by atoms with E-state index in [1.165, 1.54) is 18.4 Å². The molecule has 2 aromatic rings. The van der Waals surface area contributed by atoms with Crippen molar-refractivity contribution in [2.75, 3.05) is 19.6 Å². The number of rotatable bonds is 8. The van der Waals surface area contributed by atoms with Crippen LogP contribution in [-0.2, 0) is 27.6 Å². The molecule has 1 saturated heterocycles. The Bertz CT molecular complexity index is 1320. The summed E-state index contributed by atoms with van der Waals surface area (Å²) in [4.78, 5) is 2.70. The second-order valence-corrected chi connectivity index (χ2v) is 14.9. The fourth-order valence-corrected chi connectivity index (χ4v) is 10.4. The van der Waals surface area contributed by atoms with Gasteiger partial charge in [0.1, 0.15) is 17.6 Å². The van der Waals surface area contributed by atoms with E-state index in [2.05, 4.69) is 18.7 Å². The van der Waals surface area contributed by atoms with Crippen LogP contribution in [0.2, 0.25) is 0 Å². The van der Waals surface area contributed by atoms with Crippen LogP contribution in [-0.4, -0.2) is 60.6 Å². The molecular formula is C31H40N2O4S. The highest BCUT2D eigenvalue weighted by molar-refractivity contribution is 7.88. The summed E-state index contributed by atoms with van der Waals surface area (Å²) in [5.74, 6) is 2.72. The lowest BCUT2D eigenvalue weighted by Gasteiger charge is -2.60. The van der Waals surface area contributed by atoms with Crippen molar-refractivity contribution in [2.45, 2.75) is 81.7 Å². The molecule has 2 bridgehead atoms. The summed E-state index contributed by atoms with van der Waals surface area (Å²) in [6.45, 7) is 6.88. The molecule has 2 aromatic carbocycles. The van der Waals surface area contributed by atoms with Gasteiger partial charge in [-0.2, -0.15) is 4.31 Å². The number of nitrogens with zero attached hydrogens (tertiary/aromatic N) is 2. The monoisotopic (exact) mass is 536 g/mol. The van der Waals surface area contributed by atoms with Gasteiger partial charge in [-0.05, 0) is 80.5 Å². The van der Waals surface area contributed by atoms with Gasteiger partial charge >= 0.3 is 0 Å². The van der Waals surface area contributed by atoms with Gasteiger partial charge in [-0.3, -0.25) is 4.90 Å². The van der Waals surface area contributed by atoms with E-state index in [0.717, 1.165) is 61.6 Å². The van der Waals surface area contributed by atoms with Crippen molar-refractivity contribution in [1.82, 2.24) is 9.21 Å². The van der Waals surface area contributed by atoms with Crippen LogP contribution in [0.3, 0.4) is 0 Å². The lowest BCUT2D eigenvalue weighted by Crippen LogP contribution is -2.69. The van der Waals surface area contributed by atoms with Crippen LogP contribution < -0.4 is 4.74 Å². The van der Waals surface area contributed by atoms with E-state index in [1.807, 2.05) is 40.7 Å². The van der Waals surface area contributed by atoms with Crippen molar-refractivity contribution in [3.8, 4) is 11.5 Å². The maximum absolute atomic E-state index is 14.1. The molecule has 0 amide bonds. The Labute approximate surface area is 227 Å². The number of piperidine rings is 1. The molecule has 7 rings (SSSR count). The van der Waals surface area contributed by atoms with Crippen LogP contribution in [0.15, 0.2) is 42.5 Å². The topological polar surface area (TPSA) is 70.1 Å². The number of likely N-dealkylation sites (tertiary alicyclic amines) is 1. The fourth-order valence-electron chi connectivity index (χ4n) is 8.45. The molecule has 7 heteroatoms. The Morgan fingerprint density at radius 1 is 1.11 bits per heavy atom. The highest BCUT2D eigenvalue weighted by Gasteiger charge is 2.67. The molecule has 5 atom stereocenters. The lowest BCUT2D eigenvalue weighted by atomic mass is 9.51. The summed E-state index contributed by atoms with van der Waals surface area (Å²) >= 11 is 0. The zero-order valence-electron chi connectivity index (χ0n) is 22.6. The van der Waals surface area contributed by atoms with E-state index in [4.69, 9.17) is 4.74 Å². The predicted octanol–water partition coefficient (Wildman–Crippen LogP) is 4.70. The Morgan fingerprint density at radius 3 is 2.63 bits per heavy atom. The van der Waals surface area contributed by atoms with E-state index in [0.29, 0.717) is 24.3 Å². The van der Waals surface area contributed by atoms with Gasteiger partial charge in [-0.15, -0.1) is 0 Å². The third-order valence-corrected chi connectivity index (χ3v) is 11.9.